The van der Waals surface area contributed by atoms with Crippen LogP contribution in [-0.4, -0.2) is 25.7 Å². The molecule has 0 radical (unpaired) electrons. The first-order valence-electron chi connectivity index (χ1n) is 7.85. The van der Waals surface area contributed by atoms with Gasteiger partial charge >= 0.3 is 0 Å². The summed E-state index contributed by atoms with van der Waals surface area (Å²) in [6, 6.07) is 11.4. The van der Waals surface area contributed by atoms with Crippen LogP contribution in [0.25, 0.3) is 0 Å². The molecule has 0 saturated heterocycles. The van der Waals surface area contributed by atoms with Crippen molar-refractivity contribution in [2.24, 2.45) is 0 Å². The van der Waals surface area contributed by atoms with E-state index >= 15 is 0 Å². The maximum atomic E-state index is 3.57. The first-order valence-corrected chi connectivity index (χ1v) is 7.85. The number of unbranched alkanes of at least 4 members (excludes halogenated alkanes) is 1. The van der Waals surface area contributed by atoms with Crippen LogP contribution in [0.3, 0.4) is 0 Å². The standard InChI is InChI=1S/C17H30N2/c1-4-7-14-19(17-11-9-8-10-12-17)16(6-3)15-18-13-5-2/h8-12,16,18H,4-7,13-15H2,1-3H3. The van der Waals surface area contributed by atoms with Crippen LogP contribution in [0.2, 0.25) is 0 Å². The highest BCUT2D eigenvalue weighted by Gasteiger charge is 2.16. The molecule has 0 aliphatic rings. The average Bonchev–Trinajstić information content (AvgIpc) is 2.47. The van der Waals surface area contributed by atoms with E-state index in [9.17, 15) is 0 Å². The van der Waals surface area contributed by atoms with Gasteiger partial charge in [0, 0.05) is 24.8 Å². The van der Waals surface area contributed by atoms with Crippen LogP contribution in [0, 0.1) is 0 Å². The summed E-state index contributed by atoms with van der Waals surface area (Å²) in [6.45, 7) is 10.1. The summed E-state index contributed by atoms with van der Waals surface area (Å²) < 4.78 is 0. The SMILES string of the molecule is CCCCN(c1ccccc1)C(CC)CNCCC. The third kappa shape index (κ3) is 5.65. The van der Waals surface area contributed by atoms with E-state index in [1.165, 1.54) is 31.4 Å². The lowest BCUT2D eigenvalue weighted by Gasteiger charge is -2.33. The first-order chi connectivity index (χ1) is 9.33. The van der Waals surface area contributed by atoms with E-state index in [1.807, 2.05) is 0 Å². The lowest BCUT2D eigenvalue weighted by molar-refractivity contribution is 0.511. The zero-order chi connectivity index (χ0) is 13.9. The van der Waals surface area contributed by atoms with Crippen LogP contribution < -0.4 is 10.2 Å². The van der Waals surface area contributed by atoms with Crippen molar-refractivity contribution in [2.45, 2.75) is 52.5 Å². The topological polar surface area (TPSA) is 15.3 Å². The van der Waals surface area contributed by atoms with Crippen molar-refractivity contribution in [1.29, 1.82) is 0 Å². The Kier molecular flexibility index (Phi) is 8.31. The van der Waals surface area contributed by atoms with Crippen molar-refractivity contribution >= 4 is 5.69 Å². The Hall–Kier alpha value is -1.02. The van der Waals surface area contributed by atoms with Crippen LogP contribution in [0.5, 0.6) is 0 Å². The summed E-state index contributed by atoms with van der Waals surface area (Å²) in [5.74, 6) is 0. The monoisotopic (exact) mass is 262 g/mol. The van der Waals surface area contributed by atoms with Gasteiger partial charge in [0.25, 0.3) is 0 Å². The van der Waals surface area contributed by atoms with Gasteiger partial charge in [-0.05, 0) is 37.9 Å². The molecule has 0 heterocycles. The van der Waals surface area contributed by atoms with E-state index in [-0.39, 0.29) is 0 Å². The molecule has 108 valence electrons. The molecular formula is C17H30N2. The predicted molar refractivity (Wildman–Crippen MR) is 85.9 cm³/mol. The molecule has 1 atom stereocenters. The molecule has 0 aromatic heterocycles. The summed E-state index contributed by atoms with van der Waals surface area (Å²) in [7, 11) is 0. The Bertz CT molecular complexity index is 310. The highest BCUT2D eigenvalue weighted by atomic mass is 15.2. The van der Waals surface area contributed by atoms with Crippen molar-refractivity contribution in [3.63, 3.8) is 0 Å². The molecule has 0 fully saturated rings. The van der Waals surface area contributed by atoms with Gasteiger partial charge in [0.15, 0.2) is 0 Å². The fourth-order valence-corrected chi connectivity index (χ4v) is 2.39. The van der Waals surface area contributed by atoms with E-state index < -0.39 is 0 Å². The average molecular weight is 262 g/mol. The molecule has 2 nitrogen and oxygen atoms in total. The molecule has 0 amide bonds. The molecule has 1 rings (SSSR count). The fourth-order valence-electron chi connectivity index (χ4n) is 2.39. The van der Waals surface area contributed by atoms with Crippen molar-refractivity contribution in [3.8, 4) is 0 Å². The molecule has 2 heteroatoms. The Morgan fingerprint density at radius 1 is 1.05 bits per heavy atom. The number of hydrogen-bond acceptors (Lipinski definition) is 2. The lowest BCUT2D eigenvalue weighted by Crippen LogP contribution is -2.43. The van der Waals surface area contributed by atoms with Crippen molar-refractivity contribution in [2.75, 3.05) is 24.5 Å². The maximum absolute atomic E-state index is 3.57. The van der Waals surface area contributed by atoms with Crippen LogP contribution >= 0.6 is 0 Å². The van der Waals surface area contributed by atoms with E-state index in [4.69, 9.17) is 0 Å². The molecule has 1 unspecified atom stereocenters. The van der Waals surface area contributed by atoms with Gasteiger partial charge in [0.1, 0.15) is 0 Å². The largest absolute Gasteiger partial charge is 0.367 e. The molecule has 0 saturated carbocycles. The Balaban J connectivity index is 2.70. The number of benzene rings is 1. The molecule has 0 aliphatic carbocycles. The highest BCUT2D eigenvalue weighted by Crippen LogP contribution is 2.18. The van der Waals surface area contributed by atoms with Crippen molar-refractivity contribution in [1.82, 2.24) is 5.32 Å². The minimum Gasteiger partial charge on any atom is -0.367 e. The quantitative estimate of drug-likeness (QED) is 0.639. The number of nitrogens with one attached hydrogen (secondary N) is 1. The van der Waals surface area contributed by atoms with E-state index in [1.54, 1.807) is 0 Å². The number of anilines is 1. The second-order valence-corrected chi connectivity index (χ2v) is 5.15. The lowest BCUT2D eigenvalue weighted by atomic mass is 10.1. The van der Waals surface area contributed by atoms with Gasteiger partial charge in [-0.1, -0.05) is 45.4 Å². The van der Waals surface area contributed by atoms with Crippen LogP contribution in [0.4, 0.5) is 5.69 Å². The molecule has 0 spiro atoms. The summed E-state index contributed by atoms with van der Waals surface area (Å²) in [5.41, 5.74) is 1.36. The Morgan fingerprint density at radius 2 is 1.79 bits per heavy atom. The summed E-state index contributed by atoms with van der Waals surface area (Å²) >= 11 is 0. The smallest absolute Gasteiger partial charge is 0.0411 e. The van der Waals surface area contributed by atoms with Crippen molar-refractivity contribution in [3.05, 3.63) is 30.3 Å². The fraction of sp³-hybridized carbons (Fsp3) is 0.647. The molecule has 1 N–H and O–H groups in total. The Labute approximate surface area is 119 Å². The summed E-state index contributed by atoms with van der Waals surface area (Å²) in [4.78, 5) is 2.58. The molecule has 1 aromatic carbocycles. The number of rotatable bonds is 10. The molecule has 1 aromatic rings. The van der Waals surface area contributed by atoms with Gasteiger partial charge in [-0.2, -0.15) is 0 Å². The van der Waals surface area contributed by atoms with Crippen LogP contribution in [0.15, 0.2) is 30.3 Å². The van der Waals surface area contributed by atoms with E-state index in [2.05, 4.69) is 61.3 Å². The second kappa shape index (κ2) is 9.85. The van der Waals surface area contributed by atoms with E-state index in [0.717, 1.165) is 19.6 Å². The minimum atomic E-state index is 0.598. The number of hydrogen-bond donors (Lipinski definition) is 1. The molecule has 0 bridgehead atoms. The number of para-hydroxylation sites is 1. The van der Waals surface area contributed by atoms with Gasteiger partial charge in [0.05, 0.1) is 0 Å². The minimum absolute atomic E-state index is 0.598. The predicted octanol–water partition coefficient (Wildman–Crippen LogP) is 4.07. The van der Waals surface area contributed by atoms with E-state index in [0.29, 0.717) is 6.04 Å². The normalized spacial score (nSPS) is 12.4. The van der Waals surface area contributed by atoms with Crippen LogP contribution in [0.1, 0.15) is 46.5 Å². The third-order valence-electron chi connectivity index (χ3n) is 3.56. The number of nitrogens with zero attached hydrogens (tertiary/aromatic N) is 1. The molecule has 19 heavy (non-hydrogen) atoms. The van der Waals surface area contributed by atoms with Gasteiger partial charge in [-0.3, -0.25) is 0 Å². The Morgan fingerprint density at radius 3 is 2.37 bits per heavy atom. The summed E-state index contributed by atoms with van der Waals surface area (Å²) in [6.07, 6.45) is 4.91. The van der Waals surface area contributed by atoms with Gasteiger partial charge < -0.3 is 10.2 Å². The molecular weight excluding hydrogens is 232 g/mol. The van der Waals surface area contributed by atoms with Gasteiger partial charge in [0.2, 0.25) is 0 Å². The highest BCUT2D eigenvalue weighted by molar-refractivity contribution is 5.47. The molecule has 0 aliphatic heterocycles. The van der Waals surface area contributed by atoms with Gasteiger partial charge in [-0.25, -0.2) is 0 Å². The van der Waals surface area contributed by atoms with Gasteiger partial charge in [-0.15, -0.1) is 0 Å². The summed E-state index contributed by atoms with van der Waals surface area (Å²) in [5, 5.41) is 3.57. The third-order valence-corrected chi connectivity index (χ3v) is 3.56. The second-order valence-electron chi connectivity index (χ2n) is 5.15. The zero-order valence-electron chi connectivity index (χ0n) is 12.9. The first kappa shape index (κ1) is 16.0. The van der Waals surface area contributed by atoms with Crippen LogP contribution in [-0.2, 0) is 0 Å². The zero-order valence-corrected chi connectivity index (χ0v) is 12.9. The maximum Gasteiger partial charge on any atom is 0.0411 e. The van der Waals surface area contributed by atoms with Crippen molar-refractivity contribution < 1.29 is 0 Å².